The summed E-state index contributed by atoms with van der Waals surface area (Å²) in [6, 6.07) is 9.51. The van der Waals surface area contributed by atoms with E-state index in [1.807, 2.05) is 42.2 Å². The van der Waals surface area contributed by atoms with Gasteiger partial charge in [0, 0.05) is 43.2 Å². The molecule has 7 nitrogen and oxygen atoms in total. The lowest BCUT2D eigenvalue weighted by Gasteiger charge is -2.17. The Kier molecular flexibility index (Phi) is 4.53. The molecule has 2 amide bonds. The average molecular weight is 404 g/mol. The van der Waals surface area contributed by atoms with Crippen LogP contribution in [0.25, 0.3) is 11.1 Å². The van der Waals surface area contributed by atoms with Gasteiger partial charge in [-0.05, 0) is 43.9 Å². The number of hydrogen-bond acceptors (Lipinski definition) is 5. The molecule has 1 saturated heterocycles. The van der Waals surface area contributed by atoms with Gasteiger partial charge in [0.2, 0.25) is 0 Å². The van der Waals surface area contributed by atoms with Gasteiger partial charge in [-0.3, -0.25) is 9.59 Å². The fraction of sp³-hybridized carbons (Fsp3) is 0.391. The van der Waals surface area contributed by atoms with E-state index < -0.39 is 0 Å². The molecule has 1 saturated carbocycles. The summed E-state index contributed by atoms with van der Waals surface area (Å²) >= 11 is 0. The summed E-state index contributed by atoms with van der Waals surface area (Å²) in [5.41, 5.74) is 4.28. The summed E-state index contributed by atoms with van der Waals surface area (Å²) in [5, 5.41) is 7.70. The molecule has 0 spiro atoms. The number of carbonyl (C=O) groups is 2. The largest absolute Gasteiger partial charge is 0.355 e. The predicted octanol–water partition coefficient (Wildman–Crippen LogP) is 3.40. The molecule has 3 aromatic rings. The van der Waals surface area contributed by atoms with Crippen LogP contribution in [0, 0.1) is 6.92 Å². The molecule has 2 aliphatic rings. The molecule has 5 rings (SSSR count). The lowest BCUT2D eigenvalue weighted by molar-refractivity contribution is 0.0789. The van der Waals surface area contributed by atoms with Crippen LogP contribution < -0.4 is 5.32 Å². The van der Waals surface area contributed by atoms with E-state index in [-0.39, 0.29) is 17.7 Å². The van der Waals surface area contributed by atoms with E-state index in [1.165, 1.54) is 0 Å². The van der Waals surface area contributed by atoms with Crippen LogP contribution >= 0.6 is 0 Å². The van der Waals surface area contributed by atoms with Gasteiger partial charge in [0.25, 0.3) is 17.5 Å². The van der Waals surface area contributed by atoms with Gasteiger partial charge >= 0.3 is 0 Å². The van der Waals surface area contributed by atoms with Crippen LogP contribution in [0.5, 0.6) is 0 Å². The fourth-order valence-corrected chi connectivity index (χ4v) is 4.32. The van der Waals surface area contributed by atoms with Crippen LogP contribution in [0.1, 0.15) is 68.8 Å². The number of nitrogens with zero attached hydrogens (tertiary/aromatic N) is 3. The van der Waals surface area contributed by atoms with Gasteiger partial charge in [-0.2, -0.15) is 0 Å². The molecule has 7 heteroatoms. The lowest BCUT2D eigenvalue weighted by atomic mass is 9.98. The molecule has 154 valence electrons. The van der Waals surface area contributed by atoms with E-state index in [0.717, 1.165) is 41.8 Å². The minimum absolute atomic E-state index is 0.0104. The van der Waals surface area contributed by atoms with Crippen LogP contribution in [0.3, 0.4) is 0 Å². The molecule has 1 aliphatic heterocycles. The number of carbonyl (C=O) groups excluding carboxylic acids is 2. The van der Waals surface area contributed by atoms with Crippen LogP contribution in [0.15, 0.2) is 34.9 Å². The zero-order valence-corrected chi connectivity index (χ0v) is 17.1. The summed E-state index contributed by atoms with van der Waals surface area (Å²) in [7, 11) is 1.62. The maximum absolute atomic E-state index is 13.0. The van der Waals surface area contributed by atoms with E-state index in [1.54, 1.807) is 7.05 Å². The number of aryl methyl sites for hydroxylation is 1. The number of pyridine rings is 1. The number of aromatic nitrogens is 2. The van der Waals surface area contributed by atoms with Crippen molar-refractivity contribution in [2.24, 2.45) is 0 Å². The third-order valence-electron chi connectivity index (χ3n) is 6.20. The average Bonchev–Trinajstić information content (AvgIpc) is 3.34. The first-order valence-corrected chi connectivity index (χ1v) is 10.4. The van der Waals surface area contributed by atoms with Crippen molar-refractivity contribution in [3.63, 3.8) is 0 Å². The lowest BCUT2D eigenvalue weighted by Crippen LogP contribution is -2.29. The molecule has 2 aromatic heterocycles. The van der Waals surface area contributed by atoms with Gasteiger partial charge in [-0.15, -0.1) is 0 Å². The van der Waals surface area contributed by atoms with E-state index in [2.05, 4.69) is 15.5 Å². The molecular formula is C23H24N4O3. The van der Waals surface area contributed by atoms with Crippen molar-refractivity contribution in [1.82, 2.24) is 20.4 Å². The Morgan fingerprint density at radius 2 is 1.93 bits per heavy atom. The minimum atomic E-state index is -0.167. The maximum Gasteiger partial charge on any atom is 0.259 e. The summed E-state index contributed by atoms with van der Waals surface area (Å²) in [6.45, 7) is 3.14. The van der Waals surface area contributed by atoms with E-state index in [0.29, 0.717) is 35.7 Å². The van der Waals surface area contributed by atoms with Crippen molar-refractivity contribution in [3.05, 3.63) is 58.4 Å². The molecular weight excluding hydrogens is 380 g/mol. The molecule has 30 heavy (non-hydrogen) atoms. The summed E-state index contributed by atoms with van der Waals surface area (Å²) < 4.78 is 5.57. The van der Waals surface area contributed by atoms with Crippen molar-refractivity contribution in [1.29, 1.82) is 0 Å². The molecule has 2 fully saturated rings. The van der Waals surface area contributed by atoms with Crippen molar-refractivity contribution in [2.75, 3.05) is 20.1 Å². The Morgan fingerprint density at radius 3 is 2.67 bits per heavy atom. The fourth-order valence-electron chi connectivity index (χ4n) is 4.32. The predicted molar refractivity (Wildman–Crippen MR) is 112 cm³/mol. The quantitative estimate of drug-likeness (QED) is 0.720. The smallest absolute Gasteiger partial charge is 0.259 e. The van der Waals surface area contributed by atoms with E-state index in [9.17, 15) is 9.59 Å². The van der Waals surface area contributed by atoms with Gasteiger partial charge in [0.1, 0.15) is 0 Å². The SMILES string of the molecule is CNC(=O)c1cc(C2CC2)nc2onc(C3CCN(C(=O)c4ccccc4C)C3)c12. The molecule has 3 heterocycles. The number of likely N-dealkylation sites (tertiary alicyclic amines) is 1. The van der Waals surface area contributed by atoms with Crippen molar-refractivity contribution < 1.29 is 14.1 Å². The molecule has 1 aliphatic carbocycles. The Morgan fingerprint density at radius 1 is 1.13 bits per heavy atom. The second-order valence-electron chi connectivity index (χ2n) is 8.25. The van der Waals surface area contributed by atoms with Gasteiger partial charge in [0.15, 0.2) is 0 Å². The topological polar surface area (TPSA) is 88.3 Å². The van der Waals surface area contributed by atoms with Crippen LogP contribution in [0.2, 0.25) is 0 Å². The zero-order valence-electron chi connectivity index (χ0n) is 17.1. The Bertz CT molecular complexity index is 1150. The number of hydrogen-bond donors (Lipinski definition) is 1. The van der Waals surface area contributed by atoms with Crippen LogP contribution in [-0.4, -0.2) is 47.0 Å². The normalized spacial score (nSPS) is 18.7. The Labute approximate surface area is 174 Å². The van der Waals surface area contributed by atoms with E-state index in [4.69, 9.17) is 4.52 Å². The maximum atomic E-state index is 13.0. The molecule has 1 atom stereocenters. The molecule has 1 unspecified atom stereocenters. The molecule has 1 aromatic carbocycles. The van der Waals surface area contributed by atoms with Crippen LogP contribution in [-0.2, 0) is 0 Å². The summed E-state index contributed by atoms with van der Waals surface area (Å²) in [6.07, 6.45) is 2.95. The highest BCUT2D eigenvalue weighted by molar-refractivity contribution is 6.06. The van der Waals surface area contributed by atoms with E-state index >= 15 is 0 Å². The third-order valence-corrected chi connectivity index (χ3v) is 6.20. The van der Waals surface area contributed by atoms with Crippen LogP contribution in [0.4, 0.5) is 0 Å². The van der Waals surface area contributed by atoms with Gasteiger partial charge in [0.05, 0.1) is 16.6 Å². The number of amides is 2. The molecule has 0 bridgehead atoms. The van der Waals surface area contributed by atoms with Gasteiger partial charge < -0.3 is 14.7 Å². The second kappa shape index (κ2) is 7.23. The highest BCUT2D eigenvalue weighted by Gasteiger charge is 2.34. The standard InChI is InChI=1S/C23H24N4O3/c1-13-5-3-4-6-16(13)23(29)27-10-9-15(12-27)20-19-17(21(28)24-2)11-18(14-7-8-14)25-22(19)30-26-20/h3-6,11,14-15H,7-10,12H2,1-2H3,(H,24,28). The molecule has 0 radical (unpaired) electrons. The highest BCUT2D eigenvalue weighted by atomic mass is 16.5. The molecule has 1 N–H and O–H groups in total. The third kappa shape index (κ3) is 3.14. The first-order valence-electron chi connectivity index (χ1n) is 10.4. The Balaban J connectivity index is 1.47. The second-order valence-corrected chi connectivity index (χ2v) is 8.25. The Hall–Kier alpha value is -3.22. The van der Waals surface area contributed by atoms with Crippen molar-refractivity contribution >= 4 is 22.9 Å². The summed E-state index contributed by atoms with van der Waals surface area (Å²) in [5.74, 6) is 0.278. The number of fused-ring (bicyclic) bond motifs is 1. The first kappa shape index (κ1) is 18.8. The minimum Gasteiger partial charge on any atom is -0.355 e. The highest BCUT2D eigenvalue weighted by Crippen LogP contribution is 2.41. The van der Waals surface area contributed by atoms with Gasteiger partial charge in [-0.25, -0.2) is 4.98 Å². The number of nitrogens with one attached hydrogen (secondary N) is 1. The monoisotopic (exact) mass is 404 g/mol. The van der Waals surface area contributed by atoms with Crippen molar-refractivity contribution in [3.8, 4) is 0 Å². The summed E-state index contributed by atoms with van der Waals surface area (Å²) in [4.78, 5) is 32.1. The first-order chi connectivity index (χ1) is 14.6. The van der Waals surface area contributed by atoms with Crippen molar-refractivity contribution in [2.45, 2.75) is 38.0 Å². The number of benzene rings is 1. The number of rotatable bonds is 4. The van der Waals surface area contributed by atoms with Gasteiger partial charge in [-0.1, -0.05) is 23.4 Å². The zero-order chi connectivity index (χ0) is 20.8.